The predicted octanol–water partition coefficient (Wildman–Crippen LogP) is 4.81. The number of thiazole rings is 1. The van der Waals surface area contributed by atoms with E-state index >= 15 is 0 Å². The van der Waals surface area contributed by atoms with E-state index in [9.17, 15) is 9.50 Å². The molecule has 4 fully saturated rings. The second-order valence-corrected chi connectivity index (χ2v) is 12.9. The lowest BCUT2D eigenvalue weighted by molar-refractivity contribution is 0.108. The molecule has 9 nitrogen and oxygen atoms in total. The summed E-state index contributed by atoms with van der Waals surface area (Å²) in [5, 5.41) is 15.3. The molecule has 2 bridgehead atoms. The summed E-state index contributed by atoms with van der Waals surface area (Å²) in [6, 6.07) is 6.99. The first-order valence-electron chi connectivity index (χ1n) is 14.7. The molecule has 4 aliphatic heterocycles. The van der Waals surface area contributed by atoms with E-state index < -0.39 is 5.82 Å². The van der Waals surface area contributed by atoms with Gasteiger partial charge in [-0.25, -0.2) is 4.39 Å². The average molecular weight is 587 g/mol. The van der Waals surface area contributed by atoms with Crippen molar-refractivity contribution in [3.05, 3.63) is 35.6 Å². The van der Waals surface area contributed by atoms with Crippen LogP contribution in [0.25, 0.3) is 21.1 Å². The number of nitrogens with zero attached hydrogens (tertiary/aromatic N) is 5. The number of aromatic nitrogens is 3. The highest BCUT2D eigenvalue weighted by molar-refractivity contribution is 7.19. The summed E-state index contributed by atoms with van der Waals surface area (Å²) < 4.78 is 27.2. The smallest absolute Gasteiger partial charge is 0.319 e. The van der Waals surface area contributed by atoms with Gasteiger partial charge in [0, 0.05) is 36.6 Å². The lowest BCUT2D eigenvalue weighted by Crippen LogP contribution is -2.51. The molecule has 4 aromatic rings. The Kier molecular flexibility index (Phi) is 6.14. The number of nitrogens with one attached hydrogen (secondary N) is 1. The summed E-state index contributed by atoms with van der Waals surface area (Å²) in [7, 11) is 0. The molecular formula is C31H31FN6O3S. The molecule has 2 atom stereocenters. The summed E-state index contributed by atoms with van der Waals surface area (Å²) in [5.74, 6) is 2.84. The van der Waals surface area contributed by atoms with E-state index in [2.05, 4.69) is 21.0 Å². The van der Waals surface area contributed by atoms with Crippen LogP contribution >= 0.6 is 11.3 Å². The monoisotopic (exact) mass is 586 g/mol. The van der Waals surface area contributed by atoms with Crippen molar-refractivity contribution in [2.45, 2.75) is 56.1 Å². The van der Waals surface area contributed by atoms with Crippen LogP contribution in [-0.4, -0.2) is 75.4 Å². The molecular weight excluding hydrogens is 555 g/mol. The summed E-state index contributed by atoms with van der Waals surface area (Å²) in [6.45, 7) is 4.48. The zero-order chi connectivity index (χ0) is 28.4. The van der Waals surface area contributed by atoms with Crippen LogP contribution in [0.15, 0.2) is 24.3 Å². The third-order valence-corrected chi connectivity index (χ3v) is 10.2. The van der Waals surface area contributed by atoms with Crippen molar-refractivity contribution in [3.63, 3.8) is 0 Å². The highest BCUT2D eigenvalue weighted by Gasteiger charge is 2.45. The molecule has 8 rings (SSSR count). The largest absolute Gasteiger partial charge is 0.508 e. The van der Waals surface area contributed by atoms with Gasteiger partial charge in [-0.1, -0.05) is 23.3 Å². The molecule has 2 unspecified atom stereocenters. The number of hydrogen-bond donors (Lipinski definition) is 2. The number of halogens is 1. The van der Waals surface area contributed by atoms with Gasteiger partial charge in [-0.15, -0.1) is 6.42 Å². The van der Waals surface area contributed by atoms with Crippen LogP contribution in [0.4, 0.5) is 10.2 Å². The highest BCUT2D eigenvalue weighted by Crippen LogP contribution is 2.42. The zero-order valence-corrected chi connectivity index (χ0v) is 23.9. The van der Waals surface area contributed by atoms with Crippen molar-refractivity contribution in [2.75, 3.05) is 37.7 Å². The fourth-order valence-corrected chi connectivity index (χ4v) is 8.22. The molecule has 2 aromatic heterocycles. The van der Waals surface area contributed by atoms with E-state index in [-0.39, 0.29) is 22.6 Å². The number of piperazine rings is 1. The first kappa shape index (κ1) is 25.9. The van der Waals surface area contributed by atoms with Crippen molar-refractivity contribution >= 4 is 38.3 Å². The third kappa shape index (κ3) is 4.32. The molecule has 4 aliphatic rings. The first-order chi connectivity index (χ1) is 20.5. The van der Waals surface area contributed by atoms with Gasteiger partial charge >= 0.3 is 6.01 Å². The van der Waals surface area contributed by atoms with E-state index in [1.165, 1.54) is 42.4 Å². The molecule has 42 heavy (non-hydrogen) atoms. The Morgan fingerprint density at radius 1 is 1.12 bits per heavy atom. The molecule has 6 heterocycles. The van der Waals surface area contributed by atoms with Crippen molar-refractivity contribution in [3.8, 4) is 35.0 Å². The van der Waals surface area contributed by atoms with Crippen LogP contribution in [0.3, 0.4) is 0 Å². The minimum Gasteiger partial charge on any atom is -0.508 e. The maximum absolute atomic E-state index is 14.6. The number of phenolic OH excluding ortho intramolecular Hbond substituents is 1. The summed E-state index contributed by atoms with van der Waals surface area (Å²) in [4.78, 5) is 20.0. The number of fused-ring (bicyclic) bond motifs is 5. The predicted molar refractivity (Wildman–Crippen MR) is 159 cm³/mol. The van der Waals surface area contributed by atoms with E-state index in [1.807, 2.05) is 0 Å². The Morgan fingerprint density at radius 2 is 1.90 bits per heavy atom. The second-order valence-electron chi connectivity index (χ2n) is 11.9. The van der Waals surface area contributed by atoms with Crippen LogP contribution in [0, 0.1) is 18.2 Å². The number of rotatable bonds is 6. The number of terminal acetylenes is 1. The lowest BCUT2D eigenvalue weighted by Gasteiger charge is -2.34. The quantitative estimate of drug-likeness (QED) is 0.309. The first-order valence-corrected chi connectivity index (χ1v) is 15.5. The van der Waals surface area contributed by atoms with Gasteiger partial charge in [0.05, 0.1) is 11.1 Å². The third-order valence-electron chi connectivity index (χ3n) is 9.35. The number of aromatic hydroxyl groups is 1. The Balaban J connectivity index is 1.18. The topological polar surface area (TPSA) is 95.9 Å². The maximum atomic E-state index is 14.6. The van der Waals surface area contributed by atoms with Crippen LogP contribution < -0.4 is 19.7 Å². The SMILES string of the molecule is C#Cc1c(F)ccc2cc(O)cc(Oc3nc4c(N5CC6CCC(C5)N6)nc(OCC56CCCN5CCC6)nc4s3)c12. The van der Waals surface area contributed by atoms with Crippen LogP contribution in [-0.2, 0) is 0 Å². The molecule has 2 N–H and O–H groups in total. The Hall–Kier alpha value is -3.72. The van der Waals surface area contributed by atoms with E-state index in [0.717, 1.165) is 57.7 Å². The van der Waals surface area contributed by atoms with E-state index in [1.54, 1.807) is 6.07 Å². The lowest BCUT2D eigenvalue weighted by atomic mass is 9.95. The fraction of sp³-hybridized carbons (Fsp3) is 0.452. The number of anilines is 1. The van der Waals surface area contributed by atoms with Crippen molar-refractivity contribution in [2.24, 2.45) is 0 Å². The molecule has 11 heteroatoms. The summed E-state index contributed by atoms with van der Waals surface area (Å²) in [6.07, 6.45) is 12.6. The van der Waals surface area contributed by atoms with Gasteiger partial charge in [0.2, 0.25) is 0 Å². The minimum atomic E-state index is -0.532. The van der Waals surface area contributed by atoms with E-state index in [4.69, 9.17) is 30.8 Å². The number of ether oxygens (including phenoxy) is 2. The van der Waals surface area contributed by atoms with Gasteiger partial charge in [-0.05, 0) is 69.1 Å². The van der Waals surface area contributed by atoms with Gasteiger partial charge in [-0.3, -0.25) is 4.90 Å². The molecule has 2 aromatic carbocycles. The van der Waals surface area contributed by atoms with Gasteiger partial charge < -0.3 is 24.8 Å². The Morgan fingerprint density at radius 3 is 2.67 bits per heavy atom. The summed E-state index contributed by atoms with van der Waals surface area (Å²) >= 11 is 1.27. The van der Waals surface area contributed by atoms with Gasteiger partial charge in [0.25, 0.3) is 5.19 Å². The number of hydrogen-bond acceptors (Lipinski definition) is 10. The molecule has 4 saturated heterocycles. The fourth-order valence-electron chi connectivity index (χ4n) is 7.43. The normalized spacial score (nSPS) is 23.0. The van der Waals surface area contributed by atoms with Crippen LogP contribution in [0.2, 0.25) is 0 Å². The van der Waals surface area contributed by atoms with Gasteiger partial charge in [-0.2, -0.15) is 15.0 Å². The Labute approximate surface area is 246 Å². The summed E-state index contributed by atoms with van der Waals surface area (Å²) in [5.41, 5.74) is 0.788. The highest BCUT2D eigenvalue weighted by atomic mass is 32.1. The van der Waals surface area contributed by atoms with E-state index in [0.29, 0.717) is 51.0 Å². The standard InChI is InChI=1S/C31H31FN6O3S/c1-2-22-23(32)8-5-18-13-21(39)14-24(25(18)22)41-30-34-26-27(37-15-19-6-7-20(16-37)33-19)35-29(36-28(26)42-30)40-17-31-9-3-11-38(31)12-4-10-31/h1,5,8,13-14,19-20,33,39H,3-4,6-7,9-12,15-17H2. The average Bonchev–Trinajstić information content (AvgIpc) is 3.74. The molecule has 0 amide bonds. The molecule has 0 radical (unpaired) electrons. The number of benzene rings is 2. The van der Waals surface area contributed by atoms with Crippen molar-refractivity contribution < 1.29 is 19.0 Å². The zero-order valence-electron chi connectivity index (χ0n) is 23.1. The van der Waals surface area contributed by atoms with Crippen LogP contribution in [0.1, 0.15) is 44.1 Å². The maximum Gasteiger partial charge on any atom is 0.319 e. The second kappa shape index (κ2) is 9.93. The van der Waals surface area contributed by atoms with Gasteiger partial charge in [0.15, 0.2) is 10.6 Å². The Bertz CT molecular complexity index is 1730. The molecule has 216 valence electrons. The van der Waals surface area contributed by atoms with Gasteiger partial charge in [0.1, 0.15) is 29.4 Å². The molecule has 0 aliphatic carbocycles. The van der Waals surface area contributed by atoms with Crippen LogP contribution in [0.5, 0.6) is 22.7 Å². The molecule has 0 spiro atoms. The van der Waals surface area contributed by atoms with Crippen molar-refractivity contribution in [1.29, 1.82) is 0 Å². The number of phenols is 1. The van der Waals surface area contributed by atoms with Crippen molar-refractivity contribution in [1.82, 2.24) is 25.2 Å². The molecule has 0 saturated carbocycles. The minimum absolute atomic E-state index is 0.0205.